The lowest BCUT2D eigenvalue weighted by Crippen LogP contribution is -2.39. The van der Waals surface area contributed by atoms with Gasteiger partial charge in [0, 0.05) is 42.9 Å². The van der Waals surface area contributed by atoms with E-state index in [0.29, 0.717) is 17.7 Å². The largest absolute Gasteiger partial charge is 0.380 e. The van der Waals surface area contributed by atoms with Crippen molar-refractivity contribution in [2.24, 2.45) is 0 Å². The van der Waals surface area contributed by atoms with Gasteiger partial charge in [-0.3, -0.25) is 9.89 Å². The molecule has 2 aromatic rings. The second-order valence-corrected chi connectivity index (χ2v) is 6.31. The monoisotopic (exact) mass is 331 g/mol. The molecule has 1 aliphatic heterocycles. The highest BCUT2D eigenvalue weighted by molar-refractivity contribution is 5.94. The van der Waals surface area contributed by atoms with Gasteiger partial charge in [-0.15, -0.1) is 0 Å². The van der Waals surface area contributed by atoms with Crippen LogP contribution in [0.1, 0.15) is 46.1 Å². The number of hydrogen-bond acceptors (Lipinski definition) is 3. The van der Waals surface area contributed by atoms with Crippen LogP contribution in [-0.2, 0) is 11.3 Å². The summed E-state index contributed by atoms with van der Waals surface area (Å²) in [5, 5.41) is 7.29. The van der Waals surface area contributed by atoms with E-state index in [0.717, 1.165) is 30.8 Å². The highest BCUT2D eigenvalue weighted by Crippen LogP contribution is 2.27. The van der Waals surface area contributed by atoms with Gasteiger partial charge in [-0.05, 0) is 44.0 Å². The maximum Gasteiger partial charge on any atom is 0.253 e. The Bertz CT molecular complexity index is 729. The number of amides is 1. The van der Waals surface area contributed by atoms with Crippen molar-refractivity contribution >= 4 is 5.91 Å². The lowest BCUT2D eigenvalue weighted by Gasteiger charge is -2.32. The number of nitrogens with one attached hydrogen (secondary N) is 1. The summed E-state index contributed by atoms with van der Waals surface area (Å²) >= 11 is 0. The van der Waals surface area contributed by atoms with Crippen LogP contribution in [0.15, 0.2) is 24.3 Å². The Kier molecular flexibility index (Phi) is 4.94. The molecular weight excluding hydrogens is 309 g/mol. The fourth-order valence-electron chi connectivity index (χ4n) is 3.21. The third kappa shape index (κ3) is 3.48. The second kappa shape index (κ2) is 7.13. The first-order valence-electron chi connectivity index (χ1n) is 8.17. The zero-order valence-electron chi connectivity index (χ0n) is 14.0. The number of rotatable bonds is 4. The minimum Gasteiger partial charge on any atom is -0.380 e. The van der Waals surface area contributed by atoms with Gasteiger partial charge < -0.3 is 9.64 Å². The number of aromatic amines is 1. The van der Waals surface area contributed by atoms with E-state index in [2.05, 4.69) is 10.2 Å². The number of aromatic nitrogens is 2. The quantitative estimate of drug-likeness (QED) is 0.937. The van der Waals surface area contributed by atoms with Gasteiger partial charge in [-0.2, -0.15) is 5.10 Å². The SMILES string of the molecule is COCc1cc(C(=O)N2CCC[C@H](c3cc(C)[nH]n3)C2)ccc1F. The molecule has 0 spiro atoms. The summed E-state index contributed by atoms with van der Waals surface area (Å²) in [6.45, 7) is 3.48. The number of nitrogens with zero attached hydrogens (tertiary/aromatic N) is 2. The van der Waals surface area contributed by atoms with Crippen molar-refractivity contribution in [3.63, 3.8) is 0 Å². The standard InChI is InChI=1S/C18H22FN3O2/c1-12-8-17(21-20-12)14-4-3-7-22(10-14)18(23)13-5-6-16(19)15(9-13)11-24-2/h5-6,8-9,14H,3-4,7,10-11H2,1-2H3,(H,20,21)/t14-/m0/s1. The molecule has 1 N–H and O–H groups in total. The average molecular weight is 331 g/mol. The summed E-state index contributed by atoms with van der Waals surface area (Å²) in [5.41, 5.74) is 2.93. The van der Waals surface area contributed by atoms with Crippen LogP contribution < -0.4 is 0 Å². The first kappa shape index (κ1) is 16.6. The number of carbonyl (C=O) groups excluding carboxylic acids is 1. The van der Waals surface area contributed by atoms with E-state index in [-0.39, 0.29) is 24.2 Å². The number of H-pyrrole nitrogens is 1. The van der Waals surface area contributed by atoms with Crippen molar-refractivity contribution in [3.05, 3.63) is 52.6 Å². The molecular formula is C18H22FN3O2. The Morgan fingerprint density at radius 3 is 3.00 bits per heavy atom. The van der Waals surface area contributed by atoms with Gasteiger partial charge in [-0.1, -0.05) is 0 Å². The number of benzene rings is 1. The molecule has 5 nitrogen and oxygen atoms in total. The number of methoxy groups -OCH3 is 1. The highest BCUT2D eigenvalue weighted by atomic mass is 19.1. The average Bonchev–Trinajstić information content (AvgIpc) is 3.03. The van der Waals surface area contributed by atoms with E-state index in [1.807, 2.05) is 17.9 Å². The van der Waals surface area contributed by atoms with Gasteiger partial charge >= 0.3 is 0 Å². The summed E-state index contributed by atoms with van der Waals surface area (Å²) < 4.78 is 18.7. The molecule has 128 valence electrons. The third-order valence-electron chi connectivity index (χ3n) is 4.45. The molecule has 1 fully saturated rings. The van der Waals surface area contributed by atoms with Crippen molar-refractivity contribution in [1.29, 1.82) is 0 Å². The fourth-order valence-corrected chi connectivity index (χ4v) is 3.21. The molecule has 1 atom stereocenters. The van der Waals surface area contributed by atoms with Crippen LogP contribution in [0, 0.1) is 12.7 Å². The predicted molar refractivity (Wildman–Crippen MR) is 88.3 cm³/mol. The zero-order valence-corrected chi connectivity index (χ0v) is 14.0. The summed E-state index contributed by atoms with van der Waals surface area (Å²) in [6, 6.07) is 6.50. The molecule has 1 aromatic heterocycles. The van der Waals surface area contributed by atoms with Crippen molar-refractivity contribution in [1.82, 2.24) is 15.1 Å². The van der Waals surface area contributed by atoms with Crippen LogP contribution in [0.4, 0.5) is 4.39 Å². The molecule has 0 aliphatic carbocycles. The fraction of sp³-hybridized carbons (Fsp3) is 0.444. The number of piperidine rings is 1. The van der Waals surface area contributed by atoms with E-state index in [9.17, 15) is 9.18 Å². The summed E-state index contributed by atoms with van der Waals surface area (Å²) in [6.07, 6.45) is 1.96. The molecule has 0 saturated carbocycles. The maximum absolute atomic E-state index is 13.7. The molecule has 24 heavy (non-hydrogen) atoms. The summed E-state index contributed by atoms with van der Waals surface area (Å²) in [5.74, 6) is -0.173. The number of hydrogen-bond donors (Lipinski definition) is 1. The topological polar surface area (TPSA) is 58.2 Å². The Hall–Kier alpha value is -2.21. The lowest BCUT2D eigenvalue weighted by atomic mass is 9.94. The van der Waals surface area contributed by atoms with Gasteiger partial charge in [-0.25, -0.2) is 4.39 Å². The maximum atomic E-state index is 13.7. The molecule has 0 bridgehead atoms. The Morgan fingerprint density at radius 2 is 2.29 bits per heavy atom. The molecule has 0 unspecified atom stereocenters. The van der Waals surface area contributed by atoms with Crippen LogP contribution in [0.5, 0.6) is 0 Å². The molecule has 0 radical (unpaired) electrons. The van der Waals surface area contributed by atoms with E-state index >= 15 is 0 Å². The van der Waals surface area contributed by atoms with E-state index in [4.69, 9.17) is 4.74 Å². The van der Waals surface area contributed by atoms with Crippen LogP contribution in [-0.4, -0.2) is 41.2 Å². The number of ether oxygens (including phenoxy) is 1. The molecule has 1 amide bonds. The highest BCUT2D eigenvalue weighted by Gasteiger charge is 2.27. The first-order valence-corrected chi connectivity index (χ1v) is 8.17. The predicted octanol–water partition coefficient (Wildman–Crippen LogP) is 3.02. The summed E-state index contributed by atoms with van der Waals surface area (Å²) in [7, 11) is 1.51. The van der Waals surface area contributed by atoms with Crippen molar-refractivity contribution in [2.45, 2.75) is 32.3 Å². The van der Waals surface area contributed by atoms with Crippen LogP contribution in [0.2, 0.25) is 0 Å². The minimum absolute atomic E-state index is 0.0655. The summed E-state index contributed by atoms with van der Waals surface area (Å²) in [4.78, 5) is 14.6. The van der Waals surface area contributed by atoms with Crippen LogP contribution in [0.25, 0.3) is 0 Å². The van der Waals surface area contributed by atoms with E-state index in [1.165, 1.54) is 13.2 Å². The Balaban J connectivity index is 1.76. The third-order valence-corrected chi connectivity index (χ3v) is 4.45. The number of likely N-dealkylation sites (tertiary alicyclic amines) is 1. The molecule has 2 heterocycles. The Labute approximate surface area is 140 Å². The van der Waals surface area contributed by atoms with Crippen molar-refractivity contribution in [2.75, 3.05) is 20.2 Å². The van der Waals surface area contributed by atoms with Crippen LogP contribution >= 0.6 is 0 Å². The van der Waals surface area contributed by atoms with Crippen molar-refractivity contribution in [3.8, 4) is 0 Å². The number of aryl methyl sites for hydroxylation is 1. The molecule has 3 rings (SSSR count). The van der Waals surface area contributed by atoms with Gasteiger partial charge in [0.05, 0.1) is 12.3 Å². The van der Waals surface area contributed by atoms with E-state index in [1.54, 1.807) is 12.1 Å². The minimum atomic E-state index is -0.350. The van der Waals surface area contributed by atoms with Gasteiger partial charge in [0.15, 0.2) is 0 Å². The Morgan fingerprint density at radius 1 is 1.46 bits per heavy atom. The van der Waals surface area contributed by atoms with Gasteiger partial charge in [0.1, 0.15) is 5.82 Å². The molecule has 1 aliphatic rings. The smallest absolute Gasteiger partial charge is 0.253 e. The van der Waals surface area contributed by atoms with Crippen molar-refractivity contribution < 1.29 is 13.9 Å². The molecule has 1 saturated heterocycles. The second-order valence-electron chi connectivity index (χ2n) is 6.31. The van der Waals surface area contributed by atoms with E-state index < -0.39 is 0 Å². The van der Waals surface area contributed by atoms with Gasteiger partial charge in [0.25, 0.3) is 5.91 Å². The molecule has 6 heteroatoms. The van der Waals surface area contributed by atoms with Gasteiger partial charge in [0.2, 0.25) is 0 Å². The number of carbonyl (C=O) groups is 1. The zero-order chi connectivity index (χ0) is 17.1. The van der Waals surface area contributed by atoms with Crippen LogP contribution in [0.3, 0.4) is 0 Å². The normalized spacial score (nSPS) is 18.0. The first-order chi connectivity index (χ1) is 11.6. The number of halogens is 1. The lowest BCUT2D eigenvalue weighted by molar-refractivity contribution is 0.0705. The molecule has 1 aromatic carbocycles.